The second-order valence-electron chi connectivity index (χ2n) is 12.8. The third kappa shape index (κ3) is 4.21. The number of aromatic hydroxyl groups is 1. The normalized spacial score (nSPS) is 24.6. The van der Waals surface area contributed by atoms with E-state index in [9.17, 15) is 9.90 Å². The van der Waals surface area contributed by atoms with Crippen LogP contribution in [0.3, 0.4) is 0 Å². The largest absolute Gasteiger partial charge is 0.508 e. The number of benzene rings is 2. The molecule has 1 amide bonds. The van der Waals surface area contributed by atoms with Gasteiger partial charge in [-0.05, 0) is 74.7 Å². The molecule has 5 aliphatic rings. The zero-order valence-corrected chi connectivity index (χ0v) is 23.9. The summed E-state index contributed by atoms with van der Waals surface area (Å²) in [7, 11) is 0. The van der Waals surface area contributed by atoms with Crippen molar-refractivity contribution in [3.8, 4) is 24.0 Å². The molecule has 6 heterocycles. The topological polar surface area (TPSA) is 81.2 Å². The Balaban J connectivity index is 1.19. The van der Waals surface area contributed by atoms with Gasteiger partial charge in [0.25, 0.3) is 0 Å². The average Bonchev–Trinajstić information content (AvgIpc) is 3.68. The molecule has 4 fully saturated rings. The molecule has 3 aromatic rings. The Morgan fingerprint density at radius 3 is 2.67 bits per heavy atom. The van der Waals surface area contributed by atoms with Gasteiger partial charge in [0.15, 0.2) is 0 Å². The summed E-state index contributed by atoms with van der Waals surface area (Å²) in [5, 5.41) is 16.0. The Morgan fingerprint density at radius 1 is 1.12 bits per heavy atom. The molecule has 42 heavy (non-hydrogen) atoms. The Labute approximate surface area is 246 Å². The van der Waals surface area contributed by atoms with Gasteiger partial charge in [-0.2, -0.15) is 4.98 Å². The van der Waals surface area contributed by atoms with Gasteiger partial charge in [0.05, 0.1) is 24.2 Å². The molecule has 2 unspecified atom stereocenters. The quantitative estimate of drug-likeness (QED) is 0.455. The number of pyridine rings is 1. The highest BCUT2D eigenvalue weighted by Gasteiger charge is 2.45. The van der Waals surface area contributed by atoms with E-state index in [0.717, 1.165) is 53.9 Å². The first-order valence-corrected chi connectivity index (χ1v) is 15.4. The summed E-state index contributed by atoms with van der Waals surface area (Å²) in [5.41, 5.74) is 3.51. The van der Waals surface area contributed by atoms with Crippen LogP contribution in [-0.4, -0.2) is 71.3 Å². The molecule has 0 saturated carbocycles. The lowest BCUT2D eigenvalue weighted by molar-refractivity contribution is -0.118. The number of nitrogens with one attached hydrogen (secondary N) is 1. The predicted octanol–water partition coefficient (Wildman–Crippen LogP) is 3.96. The van der Waals surface area contributed by atoms with Gasteiger partial charge in [-0.25, -0.2) is 0 Å². The van der Waals surface area contributed by atoms with Crippen LogP contribution in [0.25, 0.3) is 10.8 Å². The van der Waals surface area contributed by atoms with Gasteiger partial charge >= 0.3 is 0 Å². The number of anilines is 2. The maximum atomic E-state index is 13.9. The number of terminal acetylenes is 1. The summed E-state index contributed by atoms with van der Waals surface area (Å²) in [6, 6.07) is 12.0. The number of ether oxygens (including phenoxy) is 1. The summed E-state index contributed by atoms with van der Waals surface area (Å²) in [6.07, 6.45) is 13.3. The molecule has 8 rings (SSSR count). The summed E-state index contributed by atoms with van der Waals surface area (Å²) >= 11 is 0. The number of phenols is 1. The van der Waals surface area contributed by atoms with E-state index in [1.165, 1.54) is 38.5 Å². The average molecular weight is 564 g/mol. The van der Waals surface area contributed by atoms with Crippen LogP contribution in [0.4, 0.5) is 11.5 Å². The Morgan fingerprint density at radius 2 is 1.90 bits per heavy atom. The van der Waals surface area contributed by atoms with Crippen LogP contribution in [-0.2, 0) is 17.8 Å². The molecular formula is C34H37N5O3. The first-order valence-electron chi connectivity index (χ1n) is 15.4. The van der Waals surface area contributed by atoms with E-state index < -0.39 is 0 Å². The number of nitrogens with zero attached hydrogens (tertiary/aromatic N) is 4. The Bertz CT molecular complexity index is 1610. The highest BCUT2D eigenvalue weighted by Crippen LogP contribution is 2.42. The van der Waals surface area contributed by atoms with Crippen molar-refractivity contribution in [3.05, 3.63) is 53.1 Å². The van der Waals surface area contributed by atoms with Gasteiger partial charge in [-0.3, -0.25) is 9.69 Å². The number of piperazine rings is 1. The van der Waals surface area contributed by atoms with Crippen LogP contribution in [0.5, 0.6) is 11.6 Å². The molecule has 2 aromatic carbocycles. The van der Waals surface area contributed by atoms with Crippen LogP contribution in [0.1, 0.15) is 55.2 Å². The van der Waals surface area contributed by atoms with E-state index in [1.54, 1.807) is 17.0 Å². The lowest BCUT2D eigenvalue weighted by atomic mass is 9.95. The smallest absolute Gasteiger partial charge is 0.231 e. The van der Waals surface area contributed by atoms with Gasteiger partial charge < -0.3 is 25.0 Å². The minimum atomic E-state index is -0.0255. The fraction of sp³-hybridized carbons (Fsp3) is 0.471. The molecule has 216 valence electrons. The first-order chi connectivity index (χ1) is 20.5. The maximum Gasteiger partial charge on any atom is 0.231 e. The fourth-order valence-corrected chi connectivity index (χ4v) is 8.34. The number of amides is 1. The standard InChI is InChI=1S/C34H37N5O3/c1-2-22-6-3-7-23-14-27(40)16-29(32(22)23)39-18-24-15-30(42-21-34-10-4-12-38(34)13-5-11-34)36-33(28(24)17-31(39)41)37-19-25-8-9-26(20-37)35-25/h1,3,6-7,14-16,25-26,35,40H,4-5,8-13,17-21H2. The molecule has 8 heteroatoms. The molecule has 5 aliphatic heterocycles. The van der Waals surface area contributed by atoms with Crippen LogP contribution in [0.15, 0.2) is 36.4 Å². The van der Waals surface area contributed by atoms with E-state index in [4.69, 9.17) is 16.1 Å². The third-order valence-corrected chi connectivity index (χ3v) is 10.3. The summed E-state index contributed by atoms with van der Waals surface area (Å²) < 4.78 is 6.59. The number of rotatable bonds is 5. The van der Waals surface area contributed by atoms with E-state index in [0.29, 0.717) is 42.4 Å². The fourth-order valence-electron chi connectivity index (χ4n) is 8.34. The lowest BCUT2D eigenvalue weighted by Crippen LogP contribution is -2.52. The number of fused-ring (bicyclic) bond motifs is 5. The van der Waals surface area contributed by atoms with Crippen molar-refractivity contribution in [1.29, 1.82) is 0 Å². The summed E-state index contributed by atoms with van der Waals surface area (Å²) in [5.74, 6) is 4.39. The number of carbonyl (C=O) groups is 1. The van der Waals surface area contributed by atoms with E-state index in [-0.39, 0.29) is 23.6 Å². The van der Waals surface area contributed by atoms with Crippen molar-refractivity contribution in [2.24, 2.45) is 0 Å². The number of hydrogen-bond donors (Lipinski definition) is 2. The van der Waals surface area contributed by atoms with Crippen LogP contribution in [0.2, 0.25) is 0 Å². The minimum Gasteiger partial charge on any atom is -0.508 e. The molecule has 8 nitrogen and oxygen atoms in total. The van der Waals surface area contributed by atoms with E-state index in [1.807, 2.05) is 24.3 Å². The molecular weight excluding hydrogens is 526 g/mol. The van der Waals surface area contributed by atoms with Gasteiger partial charge in [0.1, 0.15) is 18.2 Å². The van der Waals surface area contributed by atoms with Crippen LogP contribution >= 0.6 is 0 Å². The second-order valence-corrected chi connectivity index (χ2v) is 12.8. The third-order valence-electron chi connectivity index (χ3n) is 10.3. The minimum absolute atomic E-state index is 0.0255. The Hall–Kier alpha value is -3.80. The van der Waals surface area contributed by atoms with E-state index in [2.05, 4.69) is 21.0 Å². The summed E-state index contributed by atoms with van der Waals surface area (Å²) in [4.78, 5) is 25.8. The van der Waals surface area contributed by atoms with Crippen molar-refractivity contribution < 1.29 is 14.6 Å². The zero-order valence-electron chi connectivity index (χ0n) is 23.9. The molecule has 0 aliphatic carbocycles. The Kier molecular flexibility index (Phi) is 6.09. The number of phenolic OH excluding ortho intramolecular Hbond substituents is 1. The van der Waals surface area contributed by atoms with Crippen LogP contribution < -0.4 is 19.9 Å². The summed E-state index contributed by atoms with van der Waals surface area (Å²) in [6.45, 7) is 5.11. The monoisotopic (exact) mass is 563 g/mol. The van der Waals surface area contributed by atoms with E-state index >= 15 is 0 Å². The SMILES string of the molecule is C#Cc1cccc2cc(O)cc(N3Cc4cc(OCC56CCCN5CCC6)nc(N5CC6CCC(C5)N6)c4CC3=O)c12. The first kappa shape index (κ1) is 25.9. The van der Waals surface area contributed by atoms with Crippen LogP contribution in [0, 0.1) is 12.3 Å². The predicted molar refractivity (Wildman–Crippen MR) is 163 cm³/mol. The molecule has 0 radical (unpaired) electrons. The van der Waals surface area contributed by atoms with Gasteiger partial charge in [0, 0.05) is 53.8 Å². The molecule has 2 bridgehead atoms. The van der Waals surface area contributed by atoms with Gasteiger partial charge in [0.2, 0.25) is 11.8 Å². The molecule has 2 N–H and O–H groups in total. The highest BCUT2D eigenvalue weighted by atomic mass is 16.5. The highest BCUT2D eigenvalue weighted by molar-refractivity contribution is 6.08. The molecule has 2 atom stereocenters. The number of aromatic nitrogens is 1. The maximum absolute atomic E-state index is 13.9. The molecule has 0 spiro atoms. The molecule has 4 saturated heterocycles. The van der Waals surface area contributed by atoms with Crippen molar-refractivity contribution in [1.82, 2.24) is 15.2 Å². The van der Waals surface area contributed by atoms with Gasteiger partial charge in [-0.1, -0.05) is 18.1 Å². The van der Waals surface area contributed by atoms with Crippen molar-refractivity contribution in [2.45, 2.75) is 69.1 Å². The van der Waals surface area contributed by atoms with Crippen molar-refractivity contribution in [3.63, 3.8) is 0 Å². The van der Waals surface area contributed by atoms with Crippen molar-refractivity contribution in [2.75, 3.05) is 42.6 Å². The zero-order chi connectivity index (χ0) is 28.4. The van der Waals surface area contributed by atoms with Gasteiger partial charge in [-0.15, -0.1) is 6.42 Å². The number of hydrogen-bond acceptors (Lipinski definition) is 7. The van der Waals surface area contributed by atoms with Crippen molar-refractivity contribution >= 4 is 28.2 Å². The molecule has 1 aromatic heterocycles. The second kappa shape index (κ2) is 9.89. The lowest BCUT2D eigenvalue weighted by Gasteiger charge is -2.38. The number of carbonyl (C=O) groups excluding carboxylic acids is 1.